The highest BCUT2D eigenvalue weighted by Gasteiger charge is 2.12. The molecule has 2 N–H and O–H groups in total. The highest BCUT2D eigenvalue weighted by molar-refractivity contribution is 5.84. The number of nitrogens with two attached hydrogens (primary N) is 1. The van der Waals surface area contributed by atoms with Gasteiger partial charge in [-0.05, 0) is 24.1 Å². The Bertz CT molecular complexity index is 580. The molecule has 1 aromatic carbocycles. The van der Waals surface area contributed by atoms with Crippen molar-refractivity contribution in [3.05, 3.63) is 42.0 Å². The highest BCUT2D eigenvalue weighted by Crippen LogP contribution is 2.17. The molecule has 6 nitrogen and oxygen atoms in total. The Hall–Kier alpha value is -2.21. The van der Waals surface area contributed by atoms with E-state index in [2.05, 4.69) is 14.8 Å². The normalized spacial score (nSPS) is 12.2. The molecule has 1 aromatic heterocycles. The molecule has 0 saturated heterocycles. The van der Waals surface area contributed by atoms with Crippen LogP contribution in [0.1, 0.15) is 35.6 Å². The second-order valence-corrected chi connectivity index (χ2v) is 4.11. The number of hydrogen-bond donors (Lipinski definition) is 1. The molecule has 2 rings (SSSR count). The first-order valence-corrected chi connectivity index (χ1v) is 6.01. The number of nitrogens with zero attached hydrogens (tertiary/aromatic N) is 3. The number of rotatable bonds is 4. The van der Waals surface area contributed by atoms with Crippen LogP contribution in [-0.2, 0) is 4.74 Å². The monoisotopic (exact) mass is 260 g/mol. The first-order chi connectivity index (χ1) is 9.15. The van der Waals surface area contributed by atoms with Crippen LogP contribution in [0.3, 0.4) is 0 Å². The molecule has 0 aliphatic carbocycles. The Morgan fingerprint density at radius 1 is 1.53 bits per heavy atom. The summed E-state index contributed by atoms with van der Waals surface area (Å²) < 4.78 is 6.09. The number of benzene rings is 1. The highest BCUT2D eigenvalue weighted by atomic mass is 16.5. The Kier molecular flexibility index (Phi) is 3.91. The lowest BCUT2D eigenvalue weighted by molar-refractivity contribution is 0.0587. The van der Waals surface area contributed by atoms with E-state index in [1.54, 1.807) is 0 Å². The summed E-state index contributed by atoms with van der Waals surface area (Å²) in [6.07, 6.45) is 2.33. The van der Waals surface area contributed by atoms with Crippen molar-refractivity contribution in [2.75, 3.05) is 7.11 Å². The van der Waals surface area contributed by atoms with Gasteiger partial charge in [-0.1, -0.05) is 19.1 Å². The molecule has 0 saturated carbocycles. The zero-order valence-electron chi connectivity index (χ0n) is 10.9. The fourth-order valence-electron chi connectivity index (χ4n) is 1.71. The molecule has 0 amide bonds. The van der Waals surface area contributed by atoms with Gasteiger partial charge in [-0.25, -0.2) is 14.5 Å². The third-order valence-corrected chi connectivity index (χ3v) is 2.86. The predicted octanol–water partition coefficient (Wildman–Crippen LogP) is 1.46. The lowest BCUT2D eigenvalue weighted by Gasteiger charge is -2.10. The Balaban J connectivity index is 2.31. The topological polar surface area (TPSA) is 83.0 Å². The van der Waals surface area contributed by atoms with Crippen molar-refractivity contribution in [1.82, 2.24) is 14.8 Å². The van der Waals surface area contributed by atoms with E-state index in [1.807, 2.05) is 31.2 Å². The molecule has 19 heavy (non-hydrogen) atoms. The molecule has 100 valence electrons. The van der Waals surface area contributed by atoms with Crippen LogP contribution in [-0.4, -0.2) is 27.8 Å². The maximum Gasteiger partial charge on any atom is 0.377 e. The Morgan fingerprint density at radius 2 is 2.32 bits per heavy atom. The molecule has 0 aliphatic heterocycles. The van der Waals surface area contributed by atoms with Gasteiger partial charge < -0.3 is 10.5 Å². The molecule has 1 heterocycles. The fourth-order valence-corrected chi connectivity index (χ4v) is 1.71. The van der Waals surface area contributed by atoms with Crippen molar-refractivity contribution >= 4 is 5.97 Å². The van der Waals surface area contributed by atoms with Crippen LogP contribution >= 0.6 is 0 Å². The number of ether oxygens (including phenoxy) is 1. The summed E-state index contributed by atoms with van der Waals surface area (Å²) in [6, 6.07) is 7.67. The molecule has 1 unspecified atom stereocenters. The zero-order valence-corrected chi connectivity index (χ0v) is 10.9. The molecule has 2 aromatic rings. The van der Waals surface area contributed by atoms with Gasteiger partial charge in [0.2, 0.25) is 0 Å². The minimum absolute atomic E-state index is 0.0106. The molecule has 0 bridgehead atoms. The van der Waals surface area contributed by atoms with Crippen molar-refractivity contribution < 1.29 is 9.53 Å². The quantitative estimate of drug-likeness (QED) is 0.841. The van der Waals surface area contributed by atoms with E-state index in [4.69, 9.17) is 5.73 Å². The van der Waals surface area contributed by atoms with E-state index in [0.29, 0.717) is 0 Å². The Morgan fingerprint density at radius 3 is 3.00 bits per heavy atom. The van der Waals surface area contributed by atoms with Gasteiger partial charge in [-0.2, -0.15) is 0 Å². The van der Waals surface area contributed by atoms with E-state index in [1.165, 1.54) is 18.1 Å². The van der Waals surface area contributed by atoms with Gasteiger partial charge in [0, 0.05) is 6.04 Å². The first kappa shape index (κ1) is 13.2. The van der Waals surface area contributed by atoms with Gasteiger partial charge in [0.1, 0.15) is 6.33 Å². The van der Waals surface area contributed by atoms with Gasteiger partial charge in [0.15, 0.2) is 0 Å². The molecule has 0 aliphatic rings. The standard InChI is InChI=1S/C13H16N4O2/c1-3-11(14)9-5-4-6-10(7-9)17-8-15-12(16-17)13(18)19-2/h4-8,11H,3,14H2,1-2H3. The van der Waals surface area contributed by atoms with Crippen molar-refractivity contribution in [1.29, 1.82) is 0 Å². The minimum Gasteiger partial charge on any atom is -0.463 e. The summed E-state index contributed by atoms with van der Waals surface area (Å²) in [5.41, 5.74) is 7.83. The molecular formula is C13H16N4O2. The lowest BCUT2D eigenvalue weighted by Crippen LogP contribution is -2.09. The van der Waals surface area contributed by atoms with E-state index < -0.39 is 5.97 Å². The molecule has 0 spiro atoms. The number of carbonyl (C=O) groups excluding carboxylic acids is 1. The van der Waals surface area contributed by atoms with E-state index in [0.717, 1.165) is 17.7 Å². The average molecular weight is 260 g/mol. The average Bonchev–Trinajstić information content (AvgIpc) is 2.95. The third-order valence-electron chi connectivity index (χ3n) is 2.86. The van der Waals surface area contributed by atoms with Crippen LogP contribution < -0.4 is 5.73 Å². The maximum atomic E-state index is 11.3. The smallest absolute Gasteiger partial charge is 0.377 e. The van der Waals surface area contributed by atoms with E-state index in [9.17, 15) is 4.79 Å². The second kappa shape index (κ2) is 5.62. The largest absolute Gasteiger partial charge is 0.463 e. The van der Waals surface area contributed by atoms with Crippen LogP contribution in [0.5, 0.6) is 0 Å². The van der Waals surface area contributed by atoms with Gasteiger partial charge >= 0.3 is 5.97 Å². The maximum absolute atomic E-state index is 11.3. The lowest BCUT2D eigenvalue weighted by atomic mass is 10.1. The van der Waals surface area contributed by atoms with Gasteiger partial charge in [0.25, 0.3) is 5.82 Å². The second-order valence-electron chi connectivity index (χ2n) is 4.11. The minimum atomic E-state index is -0.555. The van der Waals surface area contributed by atoms with Crippen LogP contribution in [0.15, 0.2) is 30.6 Å². The van der Waals surface area contributed by atoms with Gasteiger partial charge in [-0.15, -0.1) is 5.10 Å². The van der Waals surface area contributed by atoms with Gasteiger partial charge in [-0.3, -0.25) is 0 Å². The molecule has 0 radical (unpaired) electrons. The van der Waals surface area contributed by atoms with Gasteiger partial charge in [0.05, 0.1) is 12.8 Å². The van der Waals surface area contributed by atoms with Crippen LogP contribution in [0, 0.1) is 0 Å². The summed E-state index contributed by atoms with van der Waals surface area (Å²) >= 11 is 0. The molecule has 6 heteroatoms. The summed E-state index contributed by atoms with van der Waals surface area (Å²) in [5, 5.41) is 4.07. The van der Waals surface area contributed by atoms with Crippen LogP contribution in [0.25, 0.3) is 5.69 Å². The van der Waals surface area contributed by atoms with E-state index >= 15 is 0 Å². The number of hydrogen-bond acceptors (Lipinski definition) is 5. The molecule has 0 fully saturated rings. The summed E-state index contributed by atoms with van der Waals surface area (Å²) in [4.78, 5) is 15.2. The van der Waals surface area contributed by atoms with Crippen molar-refractivity contribution in [2.45, 2.75) is 19.4 Å². The molecule has 1 atom stereocenters. The predicted molar refractivity (Wildman–Crippen MR) is 69.9 cm³/mol. The molecular weight excluding hydrogens is 244 g/mol. The number of methoxy groups -OCH3 is 1. The van der Waals surface area contributed by atoms with Crippen molar-refractivity contribution in [3.63, 3.8) is 0 Å². The zero-order chi connectivity index (χ0) is 13.8. The van der Waals surface area contributed by atoms with E-state index in [-0.39, 0.29) is 11.9 Å². The third kappa shape index (κ3) is 2.79. The first-order valence-electron chi connectivity index (χ1n) is 6.01. The number of aromatic nitrogens is 3. The number of carbonyl (C=O) groups is 1. The SMILES string of the molecule is CCC(N)c1cccc(-n2cnc(C(=O)OC)n2)c1. The number of esters is 1. The van der Waals surface area contributed by atoms with Crippen molar-refractivity contribution in [2.24, 2.45) is 5.73 Å². The van der Waals surface area contributed by atoms with Crippen LogP contribution in [0.4, 0.5) is 0 Å². The van der Waals surface area contributed by atoms with Crippen molar-refractivity contribution in [3.8, 4) is 5.69 Å². The fraction of sp³-hybridized carbons (Fsp3) is 0.308. The Labute approximate surface area is 111 Å². The summed E-state index contributed by atoms with van der Waals surface area (Å²) in [5.74, 6) is -0.521. The summed E-state index contributed by atoms with van der Waals surface area (Å²) in [6.45, 7) is 2.03. The summed E-state index contributed by atoms with van der Waals surface area (Å²) in [7, 11) is 1.30. The van der Waals surface area contributed by atoms with Crippen LogP contribution in [0.2, 0.25) is 0 Å².